The van der Waals surface area contributed by atoms with Crippen molar-refractivity contribution in [2.24, 2.45) is 5.73 Å². The van der Waals surface area contributed by atoms with Crippen LogP contribution in [-0.4, -0.2) is 39.5 Å². The van der Waals surface area contributed by atoms with Crippen LogP contribution in [0.15, 0.2) is 17.0 Å². The number of aromatic nitrogens is 4. The summed E-state index contributed by atoms with van der Waals surface area (Å²) in [5, 5.41) is 3.88. The average Bonchev–Trinajstić information content (AvgIpc) is 2.98. The molecular formula is C11H17N5O2. The molecule has 0 unspecified atom stereocenters. The molecule has 2 aromatic rings. The van der Waals surface area contributed by atoms with Gasteiger partial charge in [0.25, 0.3) is 5.89 Å². The number of hydrogen-bond donors (Lipinski definition) is 1. The van der Waals surface area contributed by atoms with Crippen LogP contribution in [0, 0.1) is 0 Å². The Morgan fingerprint density at radius 3 is 3.17 bits per heavy atom. The Hall–Kier alpha value is -1.73. The fourth-order valence-corrected chi connectivity index (χ4v) is 1.51. The third kappa shape index (κ3) is 3.14. The molecule has 98 valence electrons. The predicted molar refractivity (Wildman–Crippen MR) is 64.8 cm³/mol. The molecule has 2 heterocycles. The second-order valence-electron chi connectivity index (χ2n) is 3.75. The number of nitrogens with zero attached hydrogens (tertiary/aromatic N) is 4. The first-order valence-corrected chi connectivity index (χ1v) is 5.96. The lowest BCUT2D eigenvalue weighted by atomic mass is 10.4. The SMILES string of the molecule is CCOCCc1noc(-c2cn(CCN)cn2)n1. The van der Waals surface area contributed by atoms with Crippen molar-refractivity contribution in [2.75, 3.05) is 19.8 Å². The molecule has 0 aliphatic rings. The first-order valence-electron chi connectivity index (χ1n) is 5.96. The fraction of sp³-hybridized carbons (Fsp3) is 0.545. The van der Waals surface area contributed by atoms with Gasteiger partial charge in [0.1, 0.15) is 5.69 Å². The van der Waals surface area contributed by atoms with Crippen molar-refractivity contribution < 1.29 is 9.26 Å². The summed E-state index contributed by atoms with van der Waals surface area (Å²) >= 11 is 0. The zero-order valence-corrected chi connectivity index (χ0v) is 10.4. The minimum atomic E-state index is 0.428. The molecule has 2 aromatic heterocycles. The van der Waals surface area contributed by atoms with Crippen molar-refractivity contribution in [1.82, 2.24) is 19.7 Å². The van der Waals surface area contributed by atoms with Gasteiger partial charge in [-0.1, -0.05) is 5.16 Å². The van der Waals surface area contributed by atoms with Gasteiger partial charge in [-0.25, -0.2) is 4.98 Å². The molecule has 0 aromatic carbocycles. The third-order valence-corrected chi connectivity index (χ3v) is 2.38. The van der Waals surface area contributed by atoms with Crippen molar-refractivity contribution in [3.63, 3.8) is 0 Å². The van der Waals surface area contributed by atoms with Gasteiger partial charge < -0.3 is 19.6 Å². The van der Waals surface area contributed by atoms with Crippen LogP contribution < -0.4 is 5.73 Å². The maximum absolute atomic E-state index is 5.47. The average molecular weight is 251 g/mol. The number of rotatable bonds is 7. The summed E-state index contributed by atoms with van der Waals surface area (Å²) in [4.78, 5) is 8.46. The molecule has 0 aliphatic heterocycles. The second-order valence-corrected chi connectivity index (χ2v) is 3.75. The van der Waals surface area contributed by atoms with Gasteiger partial charge in [0, 0.05) is 32.3 Å². The zero-order valence-electron chi connectivity index (χ0n) is 10.4. The minimum Gasteiger partial charge on any atom is -0.381 e. The predicted octanol–water partition coefficient (Wildman–Crippen LogP) is 0.471. The summed E-state index contributed by atoms with van der Waals surface area (Å²) in [6, 6.07) is 0. The zero-order chi connectivity index (χ0) is 12.8. The Labute approximate surface area is 105 Å². The number of imidazole rings is 1. The first-order chi connectivity index (χ1) is 8.83. The second kappa shape index (κ2) is 6.27. The summed E-state index contributed by atoms with van der Waals surface area (Å²) in [6.07, 6.45) is 4.18. The van der Waals surface area contributed by atoms with E-state index in [0.29, 0.717) is 43.6 Å². The molecule has 7 heteroatoms. The molecule has 18 heavy (non-hydrogen) atoms. The van der Waals surface area contributed by atoms with E-state index >= 15 is 0 Å². The fourth-order valence-electron chi connectivity index (χ4n) is 1.51. The molecule has 0 aliphatic carbocycles. The molecule has 0 radical (unpaired) electrons. The van der Waals surface area contributed by atoms with Gasteiger partial charge in [0.15, 0.2) is 5.82 Å². The highest BCUT2D eigenvalue weighted by Crippen LogP contribution is 2.14. The molecule has 0 atom stereocenters. The van der Waals surface area contributed by atoms with Gasteiger partial charge in [-0.2, -0.15) is 4.98 Å². The van der Waals surface area contributed by atoms with Crippen LogP contribution in [0.5, 0.6) is 0 Å². The smallest absolute Gasteiger partial charge is 0.278 e. The van der Waals surface area contributed by atoms with Gasteiger partial charge in [0.2, 0.25) is 0 Å². The van der Waals surface area contributed by atoms with Crippen LogP contribution in [0.25, 0.3) is 11.6 Å². The van der Waals surface area contributed by atoms with Crippen LogP contribution in [0.1, 0.15) is 12.7 Å². The summed E-state index contributed by atoms with van der Waals surface area (Å²) in [7, 11) is 0. The molecule has 2 N–H and O–H groups in total. The van der Waals surface area contributed by atoms with E-state index in [1.807, 2.05) is 17.7 Å². The molecule has 0 saturated heterocycles. The maximum atomic E-state index is 5.47. The van der Waals surface area contributed by atoms with E-state index in [4.69, 9.17) is 15.0 Å². The summed E-state index contributed by atoms with van der Waals surface area (Å²) in [6.45, 7) is 4.52. The van der Waals surface area contributed by atoms with Crippen LogP contribution in [0.4, 0.5) is 0 Å². The van der Waals surface area contributed by atoms with Gasteiger partial charge in [-0.05, 0) is 6.92 Å². The van der Waals surface area contributed by atoms with Crippen LogP contribution >= 0.6 is 0 Å². The van der Waals surface area contributed by atoms with Crippen LogP contribution in [0.2, 0.25) is 0 Å². The Balaban J connectivity index is 1.99. The van der Waals surface area contributed by atoms with E-state index < -0.39 is 0 Å². The monoisotopic (exact) mass is 251 g/mol. The molecule has 2 rings (SSSR count). The number of nitrogens with two attached hydrogens (primary N) is 1. The van der Waals surface area contributed by atoms with E-state index in [0.717, 1.165) is 6.54 Å². The van der Waals surface area contributed by atoms with E-state index in [9.17, 15) is 0 Å². The summed E-state index contributed by atoms with van der Waals surface area (Å²) in [5.41, 5.74) is 6.13. The van der Waals surface area contributed by atoms with Gasteiger partial charge in [-0.15, -0.1) is 0 Å². The highest BCUT2D eigenvalue weighted by Gasteiger charge is 2.11. The van der Waals surface area contributed by atoms with Crippen molar-refractivity contribution in [1.29, 1.82) is 0 Å². The van der Waals surface area contributed by atoms with Crippen molar-refractivity contribution in [3.8, 4) is 11.6 Å². The van der Waals surface area contributed by atoms with Crippen LogP contribution in [-0.2, 0) is 17.7 Å². The van der Waals surface area contributed by atoms with E-state index in [1.165, 1.54) is 0 Å². The van der Waals surface area contributed by atoms with E-state index in [1.54, 1.807) is 6.33 Å². The van der Waals surface area contributed by atoms with E-state index in [-0.39, 0.29) is 0 Å². The molecule has 7 nitrogen and oxygen atoms in total. The first kappa shape index (κ1) is 12.7. The molecule has 0 fully saturated rings. The quantitative estimate of drug-likeness (QED) is 0.719. The third-order valence-electron chi connectivity index (χ3n) is 2.38. The van der Waals surface area contributed by atoms with Crippen molar-refractivity contribution >= 4 is 0 Å². The van der Waals surface area contributed by atoms with Gasteiger partial charge in [0.05, 0.1) is 12.9 Å². The largest absolute Gasteiger partial charge is 0.381 e. The standard InChI is InChI=1S/C11H17N5O2/c1-2-17-6-3-10-14-11(18-15-10)9-7-16(5-4-12)8-13-9/h7-8H,2-6,12H2,1H3. The van der Waals surface area contributed by atoms with Crippen molar-refractivity contribution in [2.45, 2.75) is 19.9 Å². The molecule has 0 bridgehead atoms. The lowest BCUT2D eigenvalue weighted by Crippen LogP contribution is -2.07. The molecular weight excluding hydrogens is 234 g/mol. The van der Waals surface area contributed by atoms with Crippen molar-refractivity contribution in [3.05, 3.63) is 18.3 Å². The Morgan fingerprint density at radius 1 is 1.50 bits per heavy atom. The lowest BCUT2D eigenvalue weighted by molar-refractivity contribution is 0.149. The summed E-state index contributed by atoms with van der Waals surface area (Å²) < 4.78 is 12.3. The summed E-state index contributed by atoms with van der Waals surface area (Å²) in [5.74, 6) is 1.06. The minimum absolute atomic E-state index is 0.428. The highest BCUT2D eigenvalue weighted by molar-refractivity contribution is 5.44. The normalized spacial score (nSPS) is 11.0. The molecule has 0 saturated carbocycles. The lowest BCUT2D eigenvalue weighted by Gasteiger charge is -1.95. The Morgan fingerprint density at radius 2 is 2.39 bits per heavy atom. The van der Waals surface area contributed by atoms with E-state index in [2.05, 4.69) is 15.1 Å². The number of ether oxygens (including phenoxy) is 1. The Bertz CT molecular complexity index is 479. The highest BCUT2D eigenvalue weighted by atomic mass is 16.5. The van der Waals surface area contributed by atoms with Gasteiger partial charge >= 0.3 is 0 Å². The molecule has 0 spiro atoms. The maximum Gasteiger partial charge on any atom is 0.278 e. The van der Waals surface area contributed by atoms with Crippen LogP contribution in [0.3, 0.4) is 0 Å². The Kier molecular flexibility index (Phi) is 4.43. The topological polar surface area (TPSA) is 92.0 Å². The molecule has 0 amide bonds. The van der Waals surface area contributed by atoms with Gasteiger partial charge in [-0.3, -0.25) is 0 Å². The number of hydrogen-bond acceptors (Lipinski definition) is 6.